The van der Waals surface area contributed by atoms with Crippen molar-refractivity contribution in [1.82, 2.24) is 9.97 Å². The summed E-state index contributed by atoms with van der Waals surface area (Å²) in [4.78, 5) is 18.3. The minimum absolute atomic E-state index is 0.0353. The van der Waals surface area contributed by atoms with Crippen molar-refractivity contribution in [3.8, 4) is 16.9 Å². The zero-order valence-electron chi connectivity index (χ0n) is 10.1. The molecule has 0 unspecified atom stereocenters. The minimum Gasteiger partial charge on any atom is -0.497 e. The van der Waals surface area contributed by atoms with Gasteiger partial charge in [0.15, 0.2) is 0 Å². The second-order valence-electron chi connectivity index (χ2n) is 4.01. The largest absolute Gasteiger partial charge is 0.497 e. The highest BCUT2D eigenvalue weighted by molar-refractivity contribution is 5.91. The normalized spacial score (nSPS) is 10.8. The van der Waals surface area contributed by atoms with Gasteiger partial charge in [0.2, 0.25) is 11.7 Å². The lowest BCUT2D eigenvalue weighted by molar-refractivity contribution is 0.415. The lowest BCUT2D eigenvalue weighted by atomic mass is 10.1. The number of H-pyrrole nitrogens is 1. The number of nitrogens with zero attached hydrogens (tertiary/aromatic N) is 1. The lowest BCUT2D eigenvalue weighted by Crippen LogP contribution is -2.10. The Hall–Kier alpha value is -2.76. The van der Waals surface area contributed by atoms with Gasteiger partial charge in [-0.3, -0.25) is 9.78 Å². The van der Waals surface area contributed by atoms with E-state index in [1.54, 1.807) is 7.11 Å². The SMILES string of the molecule is COc1ccc(-c2coc3nc(N)[nH]c(=O)c23)cc1. The molecule has 2 heterocycles. The molecule has 0 amide bonds. The molecule has 96 valence electrons. The first-order valence-electron chi connectivity index (χ1n) is 5.60. The Morgan fingerprint density at radius 2 is 2.05 bits per heavy atom. The number of ether oxygens (including phenoxy) is 1. The van der Waals surface area contributed by atoms with E-state index in [0.29, 0.717) is 10.9 Å². The van der Waals surface area contributed by atoms with Gasteiger partial charge in [-0.25, -0.2) is 0 Å². The van der Waals surface area contributed by atoms with Crippen molar-refractivity contribution in [3.05, 3.63) is 40.9 Å². The topological polar surface area (TPSA) is 94.1 Å². The molecular formula is C13H11N3O3. The van der Waals surface area contributed by atoms with Gasteiger partial charge in [-0.1, -0.05) is 12.1 Å². The number of aromatic nitrogens is 2. The van der Waals surface area contributed by atoms with Gasteiger partial charge in [0, 0.05) is 5.56 Å². The maximum Gasteiger partial charge on any atom is 0.264 e. The van der Waals surface area contributed by atoms with Crippen molar-refractivity contribution < 1.29 is 9.15 Å². The Labute approximate surface area is 107 Å². The van der Waals surface area contributed by atoms with Gasteiger partial charge < -0.3 is 14.9 Å². The van der Waals surface area contributed by atoms with Crippen LogP contribution in [0.25, 0.3) is 22.2 Å². The number of nitrogens with one attached hydrogen (secondary N) is 1. The first kappa shape index (κ1) is 11.3. The summed E-state index contributed by atoms with van der Waals surface area (Å²) in [6.45, 7) is 0. The molecule has 6 nitrogen and oxygen atoms in total. The molecule has 3 aromatic rings. The van der Waals surface area contributed by atoms with Crippen molar-refractivity contribution in [2.45, 2.75) is 0 Å². The highest BCUT2D eigenvalue weighted by Gasteiger charge is 2.13. The van der Waals surface area contributed by atoms with Crippen LogP contribution in [-0.4, -0.2) is 17.1 Å². The highest BCUT2D eigenvalue weighted by Crippen LogP contribution is 2.28. The van der Waals surface area contributed by atoms with Crippen molar-refractivity contribution in [3.63, 3.8) is 0 Å². The molecule has 0 aliphatic rings. The Morgan fingerprint density at radius 1 is 1.32 bits per heavy atom. The maximum absolute atomic E-state index is 11.9. The van der Waals surface area contributed by atoms with E-state index >= 15 is 0 Å². The summed E-state index contributed by atoms with van der Waals surface area (Å²) in [6.07, 6.45) is 1.49. The summed E-state index contributed by atoms with van der Waals surface area (Å²) >= 11 is 0. The van der Waals surface area contributed by atoms with Crippen LogP contribution in [-0.2, 0) is 0 Å². The van der Waals surface area contributed by atoms with Crippen LogP contribution in [0.4, 0.5) is 5.95 Å². The second kappa shape index (κ2) is 4.16. The molecule has 6 heteroatoms. The molecule has 0 fully saturated rings. The number of hydrogen-bond donors (Lipinski definition) is 2. The van der Waals surface area contributed by atoms with E-state index < -0.39 is 0 Å². The number of furan rings is 1. The fourth-order valence-corrected chi connectivity index (χ4v) is 1.95. The molecule has 0 radical (unpaired) electrons. The number of fused-ring (bicyclic) bond motifs is 1. The summed E-state index contributed by atoms with van der Waals surface area (Å²) in [7, 11) is 1.60. The molecule has 0 atom stereocenters. The summed E-state index contributed by atoms with van der Waals surface area (Å²) in [5.41, 5.74) is 6.90. The molecule has 0 saturated heterocycles. The van der Waals surface area contributed by atoms with Crippen LogP contribution in [0.1, 0.15) is 0 Å². The minimum atomic E-state index is -0.318. The number of nitrogens with two attached hydrogens (primary N) is 1. The van der Waals surface area contributed by atoms with Crippen LogP contribution in [0.3, 0.4) is 0 Å². The van der Waals surface area contributed by atoms with Crippen molar-refractivity contribution in [2.24, 2.45) is 0 Å². The van der Waals surface area contributed by atoms with Gasteiger partial charge in [-0.05, 0) is 17.7 Å². The fourth-order valence-electron chi connectivity index (χ4n) is 1.95. The Kier molecular flexibility index (Phi) is 2.49. The van der Waals surface area contributed by atoms with Crippen LogP contribution in [0, 0.1) is 0 Å². The van der Waals surface area contributed by atoms with Crippen molar-refractivity contribution in [1.29, 1.82) is 0 Å². The molecule has 2 aromatic heterocycles. The monoisotopic (exact) mass is 257 g/mol. The smallest absolute Gasteiger partial charge is 0.264 e. The average molecular weight is 257 g/mol. The molecule has 0 aliphatic carbocycles. The summed E-state index contributed by atoms with van der Waals surface area (Å²) in [5, 5.41) is 0.388. The first-order valence-corrected chi connectivity index (χ1v) is 5.60. The summed E-state index contributed by atoms with van der Waals surface area (Å²) in [6, 6.07) is 7.32. The second-order valence-corrected chi connectivity index (χ2v) is 4.01. The zero-order chi connectivity index (χ0) is 13.4. The molecule has 0 saturated carbocycles. The molecule has 3 rings (SSSR count). The van der Waals surface area contributed by atoms with Gasteiger partial charge in [-0.15, -0.1) is 0 Å². The van der Waals surface area contributed by atoms with Crippen LogP contribution in [0.15, 0.2) is 39.7 Å². The van der Waals surface area contributed by atoms with Crippen LogP contribution in [0.5, 0.6) is 5.75 Å². The Balaban J connectivity index is 2.22. The third kappa shape index (κ3) is 1.83. The van der Waals surface area contributed by atoms with Crippen molar-refractivity contribution in [2.75, 3.05) is 12.8 Å². The van der Waals surface area contributed by atoms with E-state index in [1.807, 2.05) is 24.3 Å². The highest BCUT2D eigenvalue weighted by atomic mass is 16.5. The third-order valence-corrected chi connectivity index (χ3v) is 2.86. The van der Waals surface area contributed by atoms with E-state index in [4.69, 9.17) is 14.9 Å². The van der Waals surface area contributed by atoms with Crippen molar-refractivity contribution >= 4 is 17.0 Å². The van der Waals surface area contributed by atoms with Gasteiger partial charge in [-0.2, -0.15) is 4.98 Å². The summed E-state index contributed by atoms with van der Waals surface area (Å²) in [5.74, 6) is 0.779. The molecular weight excluding hydrogens is 246 g/mol. The maximum atomic E-state index is 11.9. The van der Waals surface area contributed by atoms with E-state index in [1.165, 1.54) is 6.26 Å². The number of aromatic amines is 1. The lowest BCUT2D eigenvalue weighted by Gasteiger charge is -2.01. The predicted molar refractivity (Wildman–Crippen MR) is 71.0 cm³/mol. The fraction of sp³-hybridized carbons (Fsp3) is 0.0769. The molecule has 0 aliphatic heterocycles. The number of anilines is 1. The molecule has 3 N–H and O–H groups in total. The van der Waals surface area contributed by atoms with Gasteiger partial charge in [0.1, 0.15) is 17.4 Å². The molecule has 19 heavy (non-hydrogen) atoms. The van der Waals surface area contributed by atoms with Crippen LogP contribution >= 0.6 is 0 Å². The van der Waals surface area contributed by atoms with Gasteiger partial charge in [0.25, 0.3) is 5.56 Å². The Morgan fingerprint density at radius 3 is 2.74 bits per heavy atom. The van der Waals surface area contributed by atoms with E-state index in [0.717, 1.165) is 11.3 Å². The van der Waals surface area contributed by atoms with E-state index in [9.17, 15) is 4.79 Å². The number of methoxy groups -OCH3 is 1. The third-order valence-electron chi connectivity index (χ3n) is 2.86. The molecule has 0 spiro atoms. The molecule has 0 bridgehead atoms. The van der Waals surface area contributed by atoms with Gasteiger partial charge >= 0.3 is 0 Å². The summed E-state index contributed by atoms with van der Waals surface area (Å²) < 4.78 is 10.4. The quantitative estimate of drug-likeness (QED) is 0.729. The number of hydrogen-bond acceptors (Lipinski definition) is 5. The predicted octanol–water partition coefficient (Wildman–Crippen LogP) is 1.77. The average Bonchev–Trinajstić information content (AvgIpc) is 2.83. The first-order chi connectivity index (χ1) is 9.19. The number of rotatable bonds is 2. The van der Waals surface area contributed by atoms with E-state index in [-0.39, 0.29) is 17.2 Å². The molecule has 1 aromatic carbocycles. The zero-order valence-corrected chi connectivity index (χ0v) is 10.1. The van der Waals surface area contributed by atoms with Gasteiger partial charge in [0.05, 0.1) is 7.11 Å². The van der Waals surface area contributed by atoms with Crippen LogP contribution in [0.2, 0.25) is 0 Å². The Bertz CT molecular complexity index is 787. The standard InChI is InChI=1S/C13H11N3O3/c1-18-8-4-2-7(3-5-8)9-6-19-12-10(9)11(17)15-13(14)16-12/h2-6H,1H3,(H3,14,15,16,17). The number of benzene rings is 1. The van der Waals surface area contributed by atoms with E-state index in [2.05, 4.69) is 9.97 Å². The van der Waals surface area contributed by atoms with Crippen LogP contribution < -0.4 is 16.0 Å². The number of nitrogen functional groups attached to an aromatic ring is 1.